The molecule has 2 fully saturated rings. The molecule has 2 heteroatoms. The highest BCUT2D eigenvalue weighted by molar-refractivity contribution is 5.14. The van der Waals surface area contributed by atoms with Crippen molar-refractivity contribution < 1.29 is 4.74 Å². The van der Waals surface area contributed by atoms with Crippen LogP contribution in [0.25, 0.3) is 0 Å². The highest BCUT2D eigenvalue weighted by Gasteiger charge is 2.54. The first-order chi connectivity index (χ1) is 7.34. The van der Waals surface area contributed by atoms with E-state index in [1.165, 1.54) is 18.4 Å². The molecule has 2 aliphatic rings. The fourth-order valence-corrected chi connectivity index (χ4v) is 2.77. The Morgan fingerprint density at radius 2 is 1.80 bits per heavy atom. The molecule has 2 atom stereocenters. The van der Waals surface area contributed by atoms with Gasteiger partial charge in [-0.15, -0.1) is 0 Å². The van der Waals surface area contributed by atoms with Gasteiger partial charge in [-0.3, -0.25) is 0 Å². The van der Waals surface area contributed by atoms with Crippen molar-refractivity contribution in [3.05, 3.63) is 35.9 Å². The molecular formula is C13H17NO. The van der Waals surface area contributed by atoms with Crippen LogP contribution < -0.4 is 5.73 Å². The summed E-state index contributed by atoms with van der Waals surface area (Å²) in [5.74, 6) is 1.54. The fraction of sp³-hybridized carbons (Fsp3) is 0.538. The average molecular weight is 203 g/mol. The topological polar surface area (TPSA) is 35.2 Å². The molecule has 1 aromatic carbocycles. The summed E-state index contributed by atoms with van der Waals surface area (Å²) < 4.78 is 5.88. The van der Waals surface area contributed by atoms with Crippen molar-refractivity contribution in [1.29, 1.82) is 0 Å². The van der Waals surface area contributed by atoms with E-state index in [0.717, 1.165) is 18.4 Å². The van der Waals surface area contributed by atoms with Crippen molar-refractivity contribution in [3.8, 4) is 0 Å². The molecule has 1 aromatic rings. The fourth-order valence-electron chi connectivity index (χ4n) is 2.77. The van der Waals surface area contributed by atoms with Gasteiger partial charge in [-0.25, -0.2) is 0 Å². The molecule has 2 saturated carbocycles. The largest absolute Gasteiger partial charge is 0.374 e. The Balaban J connectivity index is 1.48. The predicted octanol–water partition coefficient (Wildman–Crippen LogP) is 1.94. The minimum absolute atomic E-state index is 0.458. The van der Waals surface area contributed by atoms with E-state index in [9.17, 15) is 0 Å². The second-order valence-corrected chi connectivity index (χ2v) is 4.80. The van der Waals surface area contributed by atoms with Gasteiger partial charge in [0.15, 0.2) is 0 Å². The van der Waals surface area contributed by atoms with Crippen LogP contribution in [0.15, 0.2) is 30.3 Å². The first-order valence-corrected chi connectivity index (χ1v) is 5.75. The first-order valence-electron chi connectivity index (χ1n) is 5.75. The lowest BCUT2D eigenvalue weighted by molar-refractivity contribution is 0.0364. The molecule has 2 N–H and O–H groups in total. The van der Waals surface area contributed by atoms with Gasteiger partial charge >= 0.3 is 0 Å². The Kier molecular flexibility index (Phi) is 2.26. The number of hydrogen-bond acceptors (Lipinski definition) is 2. The number of hydrogen-bond donors (Lipinski definition) is 1. The van der Waals surface area contributed by atoms with Crippen LogP contribution in [-0.4, -0.2) is 12.1 Å². The van der Waals surface area contributed by atoms with E-state index in [0.29, 0.717) is 12.1 Å². The SMILES string of the molecule is NC1C2CC(OCc3ccccc3)CC12. The van der Waals surface area contributed by atoms with E-state index in [-0.39, 0.29) is 0 Å². The number of ether oxygens (including phenoxy) is 1. The van der Waals surface area contributed by atoms with E-state index >= 15 is 0 Å². The zero-order valence-electron chi connectivity index (χ0n) is 8.80. The zero-order valence-corrected chi connectivity index (χ0v) is 8.80. The lowest BCUT2D eigenvalue weighted by Crippen LogP contribution is -2.17. The lowest BCUT2D eigenvalue weighted by atomic mass is 10.2. The molecule has 80 valence electrons. The monoisotopic (exact) mass is 203 g/mol. The molecule has 15 heavy (non-hydrogen) atoms. The quantitative estimate of drug-likeness (QED) is 0.814. The van der Waals surface area contributed by atoms with E-state index in [1.807, 2.05) is 6.07 Å². The molecule has 3 rings (SSSR count). The third kappa shape index (κ3) is 1.80. The van der Waals surface area contributed by atoms with Gasteiger partial charge in [-0.2, -0.15) is 0 Å². The van der Waals surface area contributed by atoms with Crippen molar-refractivity contribution in [3.63, 3.8) is 0 Å². The molecule has 0 amide bonds. The third-order valence-corrected chi connectivity index (χ3v) is 3.80. The number of benzene rings is 1. The lowest BCUT2D eigenvalue weighted by Gasteiger charge is -2.14. The number of nitrogens with two attached hydrogens (primary N) is 1. The Labute approximate surface area is 90.4 Å². The van der Waals surface area contributed by atoms with Crippen LogP contribution in [0.1, 0.15) is 18.4 Å². The summed E-state index contributed by atoms with van der Waals surface area (Å²) >= 11 is 0. The maximum absolute atomic E-state index is 5.89. The Bertz CT molecular complexity index is 326. The summed E-state index contributed by atoms with van der Waals surface area (Å²) in [4.78, 5) is 0. The van der Waals surface area contributed by atoms with Gasteiger partial charge in [-0.05, 0) is 30.2 Å². The van der Waals surface area contributed by atoms with E-state index < -0.39 is 0 Å². The predicted molar refractivity (Wildman–Crippen MR) is 59.2 cm³/mol. The smallest absolute Gasteiger partial charge is 0.0720 e. The molecule has 0 heterocycles. The van der Waals surface area contributed by atoms with Gasteiger partial charge in [0, 0.05) is 6.04 Å². The summed E-state index contributed by atoms with van der Waals surface area (Å²) in [6.45, 7) is 0.750. The normalized spacial score (nSPS) is 37.7. The second kappa shape index (κ2) is 3.62. The van der Waals surface area contributed by atoms with Gasteiger partial charge in [0.25, 0.3) is 0 Å². The van der Waals surface area contributed by atoms with Crippen LogP contribution in [0.3, 0.4) is 0 Å². The summed E-state index contributed by atoms with van der Waals surface area (Å²) in [6.07, 6.45) is 2.82. The summed E-state index contributed by atoms with van der Waals surface area (Å²) in [5.41, 5.74) is 7.15. The summed E-state index contributed by atoms with van der Waals surface area (Å²) in [5, 5.41) is 0. The van der Waals surface area contributed by atoms with Crippen molar-refractivity contribution in [2.24, 2.45) is 17.6 Å². The average Bonchev–Trinajstić information content (AvgIpc) is 2.74. The van der Waals surface area contributed by atoms with Crippen LogP contribution in [0.4, 0.5) is 0 Å². The summed E-state index contributed by atoms with van der Waals surface area (Å²) in [7, 11) is 0. The van der Waals surface area contributed by atoms with Crippen molar-refractivity contribution in [2.45, 2.75) is 31.6 Å². The second-order valence-electron chi connectivity index (χ2n) is 4.80. The standard InChI is InChI=1S/C13H17NO/c14-13-11-6-10(7-12(11)13)15-8-9-4-2-1-3-5-9/h1-5,10-13H,6-8,14H2. The molecule has 0 bridgehead atoms. The molecule has 0 saturated heterocycles. The van der Waals surface area contributed by atoms with Crippen molar-refractivity contribution in [1.82, 2.24) is 0 Å². The maximum atomic E-state index is 5.89. The Hall–Kier alpha value is -0.860. The molecule has 2 aliphatic carbocycles. The minimum Gasteiger partial charge on any atom is -0.374 e. The molecule has 2 unspecified atom stereocenters. The van der Waals surface area contributed by atoms with Crippen LogP contribution in [0.2, 0.25) is 0 Å². The van der Waals surface area contributed by atoms with Crippen molar-refractivity contribution in [2.75, 3.05) is 0 Å². The van der Waals surface area contributed by atoms with E-state index in [1.54, 1.807) is 0 Å². The van der Waals surface area contributed by atoms with E-state index in [2.05, 4.69) is 24.3 Å². The maximum Gasteiger partial charge on any atom is 0.0720 e. The van der Waals surface area contributed by atoms with Crippen LogP contribution >= 0.6 is 0 Å². The first kappa shape index (κ1) is 9.37. The van der Waals surface area contributed by atoms with Crippen LogP contribution in [0, 0.1) is 11.8 Å². The van der Waals surface area contributed by atoms with Gasteiger partial charge < -0.3 is 10.5 Å². The van der Waals surface area contributed by atoms with Crippen molar-refractivity contribution >= 4 is 0 Å². The van der Waals surface area contributed by atoms with E-state index in [4.69, 9.17) is 10.5 Å². The Morgan fingerprint density at radius 1 is 1.13 bits per heavy atom. The van der Waals surface area contributed by atoms with Crippen LogP contribution in [-0.2, 0) is 11.3 Å². The highest BCUT2D eigenvalue weighted by atomic mass is 16.5. The minimum atomic E-state index is 0.458. The molecule has 2 nitrogen and oxygen atoms in total. The molecular weight excluding hydrogens is 186 g/mol. The molecule has 0 radical (unpaired) electrons. The highest BCUT2D eigenvalue weighted by Crippen LogP contribution is 2.51. The van der Waals surface area contributed by atoms with Gasteiger partial charge in [0.1, 0.15) is 0 Å². The summed E-state index contributed by atoms with van der Waals surface area (Å²) in [6, 6.07) is 10.9. The van der Waals surface area contributed by atoms with Gasteiger partial charge in [-0.1, -0.05) is 30.3 Å². The van der Waals surface area contributed by atoms with Crippen LogP contribution in [0.5, 0.6) is 0 Å². The molecule has 0 aromatic heterocycles. The number of rotatable bonds is 3. The van der Waals surface area contributed by atoms with Gasteiger partial charge in [0.2, 0.25) is 0 Å². The zero-order chi connectivity index (χ0) is 10.3. The number of fused-ring (bicyclic) bond motifs is 1. The Morgan fingerprint density at radius 3 is 2.47 bits per heavy atom. The molecule has 0 aliphatic heterocycles. The molecule has 0 spiro atoms. The van der Waals surface area contributed by atoms with Gasteiger partial charge in [0.05, 0.1) is 12.7 Å². The third-order valence-electron chi connectivity index (χ3n) is 3.80.